The molecule has 1 atom stereocenters. The standard InChI is InChI=1S/C12H11ClN2O3S/c1-15-11(18)9(6-10(16)17)19-12(15)14-8-4-2-7(13)3-5-8/h2-5,9H,6H2,1H3,(H,16,17)/t9-/m1/s1. The van der Waals surface area contributed by atoms with E-state index in [4.69, 9.17) is 16.7 Å². The molecular weight excluding hydrogens is 288 g/mol. The molecule has 1 aliphatic rings. The maximum atomic E-state index is 11.8. The summed E-state index contributed by atoms with van der Waals surface area (Å²) in [7, 11) is 1.59. The molecule has 7 heteroatoms. The number of halogens is 1. The van der Waals surface area contributed by atoms with Crippen molar-refractivity contribution in [2.45, 2.75) is 11.7 Å². The Morgan fingerprint density at radius 2 is 2.11 bits per heavy atom. The van der Waals surface area contributed by atoms with E-state index in [9.17, 15) is 9.59 Å². The molecule has 19 heavy (non-hydrogen) atoms. The van der Waals surface area contributed by atoms with Gasteiger partial charge in [-0.15, -0.1) is 0 Å². The molecule has 1 aromatic rings. The number of benzene rings is 1. The number of carbonyl (C=O) groups excluding carboxylic acids is 1. The highest BCUT2D eigenvalue weighted by Gasteiger charge is 2.36. The fraction of sp³-hybridized carbons (Fsp3) is 0.250. The fourth-order valence-corrected chi connectivity index (χ4v) is 2.85. The van der Waals surface area contributed by atoms with Gasteiger partial charge < -0.3 is 5.11 Å². The summed E-state index contributed by atoms with van der Waals surface area (Å²) in [6.07, 6.45) is -0.201. The number of amides is 1. The minimum absolute atomic E-state index is 0.201. The average Bonchev–Trinajstić information content (AvgIpc) is 2.60. The second-order valence-corrected chi connectivity index (χ2v) is 5.58. The molecule has 0 aromatic heterocycles. The predicted octanol–water partition coefficient (Wildman–Crippen LogP) is 2.38. The van der Waals surface area contributed by atoms with Gasteiger partial charge in [-0.05, 0) is 24.3 Å². The first-order valence-corrected chi connectivity index (χ1v) is 6.73. The third-order valence-electron chi connectivity index (χ3n) is 2.55. The van der Waals surface area contributed by atoms with Gasteiger partial charge in [0.15, 0.2) is 5.17 Å². The smallest absolute Gasteiger partial charge is 0.305 e. The Hall–Kier alpha value is -1.53. The maximum absolute atomic E-state index is 11.8. The zero-order valence-electron chi connectivity index (χ0n) is 10.0. The van der Waals surface area contributed by atoms with Crippen LogP contribution in [-0.2, 0) is 9.59 Å². The van der Waals surface area contributed by atoms with E-state index in [1.54, 1.807) is 31.3 Å². The normalized spacial score (nSPS) is 21.2. The van der Waals surface area contributed by atoms with Crippen molar-refractivity contribution in [2.75, 3.05) is 7.05 Å². The second-order valence-electron chi connectivity index (χ2n) is 3.97. The first-order chi connectivity index (χ1) is 8.97. The summed E-state index contributed by atoms with van der Waals surface area (Å²) in [4.78, 5) is 28.2. The van der Waals surface area contributed by atoms with Gasteiger partial charge in [0.05, 0.1) is 12.1 Å². The number of nitrogens with zero attached hydrogens (tertiary/aromatic N) is 2. The second kappa shape index (κ2) is 5.63. The summed E-state index contributed by atoms with van der Waals surface area (Å²) in [5.74, 6) is -1.23. The number of aliphatic imine (C=N–C) groups is 1. The van der Waals surface area contributed by atoms with E-state index in [1.807, 2.05) is 0 Å². The molecule has 100 valence electrons. The molecule has 0 radical (unpaired) electrons. The lowest BCUT2D eigenvalue weighted by molar-refractivity contribution is -0.139. The third kappa shape index (κ3) is 3.27. The van der Waals surface area contributed by atoms with Crippen LogP contribution in [0.4, 0.5) is 5.69 Å². The number of amidine groups is 1. The van der Waals surface area contributed by atoms with Gasteiger partial charge in [0.25, 0.3) is 0 Å². The SMILES string of the molecule is CN1C(=O)[C@@H](CC(=O)O)SC1=Nc1ccc(Cl)cc1. The van der Waals surface area contributed by atoms with E-state index in [1.165, 1.54) is 16.7 Å². The van der Waals surface area contributed by atoms with E-state index in [2.05, 4.69) is 4.99 Å². The van der Waals surface area contributed by atoms with Crippen molar-refractivity contribution in [1.29, 1.82) is 0 Å². The van der Waals surface area contributed by atoms with Crippen LogP contribution >= 0.6 is 23.4 Å². The third-order valence-corrected chi connectivity index (χ3v) is 4.03. The number of carbonyl (C=O) groups is 2. The monoisotopic (exact) mass is 298 g/mol. The molecule has 1 aromatic carbocycles. The summed E-state index contributed by atoms with van der Waals surface area (Å²) in [5, 5.41) is 9.25. The molecule has 1 N–H and O–H groups in total. The van der Waals surface area contributed by atoms with E-state index in [0.717, 1.165) is 0 Å². The van der Waals surface area contributed by atoms with Crippen molar-refractivity contribution < 1.29 is 14.7 Å². The van der Waals surface area contributed by atoms with Crippen LogP contribution < -0.4 is 0 Å². The van der Waals surface area contributed by atoms with Crippen molar-refractivity contribution in [3.8, 4) is 0 Å². The predicted molar refractivity (Wildman–Crippen MR) is 74.9 cm³/mol. The summed E-state index contributed by atoms with van der Waals surface area (Å²) in [6.45, 7) is 0. The number of rotatable bonds is 3. The Morgan fingerprint density at radius 1 is 1.47 bits per heavy atom. The quantitative estimate of drug-likeness (QED) is 0.930. The summed E-state index contributed by atoms with van der Waals surface area (Å²) >= 11 is 6.94. The topological polar surface area (TPSA) is 70.0 Å². The first-order valence-electron chi connectivity index (χ1n) is 5.47. The molecule has 1 aliphatic heterocycles. The Morgan fingerprint density at radius 3 is 2.68 bits per heavy atom. The van der Waals surface area contributed by atoms with Gasteiger partial charge in [0.2, 0.25) is 5.91 Å². The van der Waals surface area contributed by atoms with E-state index in [0.29, 0.717) is 15.9 Å². The Kier molecular flexibility index (Phi) is 4.11. The number of hydrogen-bond acceptors (Lipinski definition) is 4. The first kappa shape index (κ1) is 13.9. The minimum Gasteiger partial charge on any atom is -0.481 e. The Labute approximate surface area is 119 Å². The van der Waals surface area contributed by atoms with Crippen LogP contribution in [0.25, 0.3) is 0 Å². The molecule has 5 nitrogen and oxygen atoms in total. The lowest BCUT2D eigenvalue weighted by Crippen LogP contribution is -2.28. The zero-order chi connectivity index (χ0) is 14.0. The number of carboxylic acid groups (broad SMARTS) is 1. The highest BCUT2D eigenvalue weighted by Crippen LogP contribution is 2.30. The molecule has 1 heterocycles. The number of thioether (sulfide) groups is 1. The largest absolute Gasteiger partial charge is 0.481 e. The van der Waals surface area contributed by atoms with Crippen molar-refractivity contribution in [2.24, 2.45) is 4.99 Å². The molecule has 1 fully saturated rings. The van der Waals surface area contributed by atoms with Crippen molar-refractivity contribution in [3.05, 3.63) is 29.3 Å². The van der Waals surface area contributed by atoms with Gasteiger partial charge in [0, 0.05) is 12.1 Å². The van der Waals surface area contributed by atoms with Crippen LogP contribution in [0, 0.1) is 0 Å². The molecule has 0 aliphatic carbocycles. The van der Waals surface area contributed by atoms with Gasteiger partial charge in [-0.3, -0.25) is 14.5 Å². The van der Waals surface area contributed by atoms with Crippen molar-refractivity contribution >= 4 is 46.1 Å². The summed E-state index contributed by atoms with van der Waals surface area (Å²) < 4.78 is 0. The average molecular weight is 299 g/mol. The van der Waals surface area contributed by atoms with Gasteiger partial charge in [-0.1, -0.05) is 23.4 Å². The summed E-state index contributed by atoms with van der Waals surface area (Å²) in [5.41, 5.74) is 0.669. The Bertz CT molecular complexity index is 544. The molecule has 0 bridgehead atoms. The number of aliphatic carboxylic acids is 1. The van der Waals surface area contributed by atoms with Gasteiger partial charge in [0.1, 0.15) is 5.25 Å². The summed E-state index contributed by atoms with van der Waals surface area (Å²) in [6, 6.07) is 6.88. The molecule has 0 spiro atoms. The highest BCUT2D eigenvalue weighted by molar-refractivity contribution is 8.15. The molecule has 1 saturated heterocycles. The van der Waals surface area contributed by atoms with E-state index < -0.39 is 11.2 Å². The fourth-order valence-electron chi connectivity index (χ4n) is 1.58. The van der Waals surface area contributed by atoms with E-state index >= 15 is 0 Å². The molecule has 0 saturated carbocycles. The van der Waals surface area contributed by atoms with Gasteiger partial charge in [-0.25, -0.2) is 4.99 Å². The minimum atomic E-state index is -0.994. The highest BCUT2D eigenvalue weighted by atomic mass is 35.5. The zero-order valence-corrected chi connectivity index (χ0v) is 11.6. The number of hydrogen-bond donors (Lipinski definition) is 1. The molecule has 2 rings (SSSR count). The molecule has 1 amide bonds. The lowest BCUT2D eigenvalue weighted by Gasteiger charge is -2.08. The van der Waals surface area contributed by atoms with Crippen LogP contribution in [0.15, 0.2) is 29.3 Å². The van der Waals surface area contributed by atoms with Crippen molar-refractivity contribution in [1.82, 2.24) is 4.90 Å². The van der Waals surface area contributed by atoms with Crippen LogP contribution in [0.2, 0.25) is 5.02 Å². The van der Waals surface area contributed by atoms with Gasteiger partial charge >= 0.3 is 5.97 Å². The van der Waals surface area contributed by atoms with Gasteiger partial charge in [-0.2, -0.15) is 0 Å². The van der Waals surface area contributed by atoms with Crippen molar-refractivity contribution in [3.63, 3.8) is 0 Å². The van der Waals surface area contributed by atoms with Crippen LogP contribution in [0.3, 0.4) is 0 Å². The van der Waals surface area contributed by atoms with E-state index in [-0.39, 0.29) is 12.3 Å². The maximum Gasteiger partial charge on any atom is 0.305 e. The van der Waals surface area contributed by atoms with Crippen LogP contribution in [0.1, 0.15) is 6.42 Å². The number of carboxylic acids is 1. The van der Waals surface area contributed by atoms with Crippen LogP contribution in [0.5, 0.6) is 0 Å². The molecule has 0 unspecified atom stereocenters. The lowest BCUT2D eigenvalue weighted by atomic mass is 10.3. The van der Waals surface area contributed by atoms with Crippen LogP contribution in [-0.4, -0.2) is 39.3 Å². The Balaban J connectivity index is 2.19. The molecular formula is C12H11ClN2O3S.